The first-order valence-electron chi connectivity index (χ1n) is 14.1. The van der Waals surface area contributed by atoms with Crippen LogP contribution in [0.5, 0.6) is 0 Å². The van der Waals surface area contributed by atoms with Crippen LogP contribution in [0.4, 0.5) is 0 Å². The van der Waals surface area contributed by atoms with Crippen LogP contribution in [-0.4, -0.2) is 51.5 Å². The molecule has 0 fully saturated rings. The number of hydrogen-bond acceptors (Lipinski definition) is 7. The Morgan fingerprint density at radius 2 is 1.83 bits per heavy atom. The second kappa shape index (κ2) is 10.1. The average Bonchev–Trinajstić information content (AvgIpc) is 3.70. The largest absolute Gasteiger partial charge is 0.511 e. The predicted molar refractivity (Wildman–Crippen MR) is 167 cm³/mol. The van der Waals surface area contributed by atoms with Gasteiger partial charge < -0.3 is 19.9 Å². The highest BCUT2D eigenvalue weighted by Crippen LogP contribution is 2.44. The van der Waals surface area contributed by atoms with Gasteiger partial charge in [0.25, 0.3) is 0 Å². The summed E-state index contributed by atoms with van der Waals surface area (Å²) in [7, 11) is 1.38. The van der Waals surface area contributed by atoms with Crippen molar-refractivity contribution in [3.8, 4) is 0 Å². The molecular weight excluding hydrogens is 528 g/mol. The van der Waals surface area contributed by atoms with E-state index in [-0.39, 0.29) is 18.1 Å². The second-order valence-corrected chi connectivity index (χ2v) is 11.2. The number of aromatic amines is 1. The molecule has 8 bridgehead atoms. The zero-order valence-electron chi connectivity index (χ0n) is 24.8. The van der Waals surface area contributed by atoms with E-state index in [1.807, 2.05) is 52.0 Å². The van der Waals surface area contributed by atoms with Gasteiger partial charge in [-0.15, -0.1) is 0 Å². The Morgan fingerprint density at radius 3 is 2.52 bits per heavy atom. The third-order valence-electron chi connectivity index (χ3n) is 8.72. The van der Waals surface area contributed by atoms with Gasteiger partial charge in [-0.05, 0) is 87.1 Å². The molecule has 5 heterocycles. The summed E-state index contributed by atoms with van der Waals surface area (Å²) in [6, 6.07) is 0. The molecule has 1 aromatic heterocycles. The maximum absolute atomic E-state index is 12.1. The van der Waals surface area contributed by atoms with Crippen LogP contribution in [0.1, 0.15) is 58.1 Å². The number of aliphatic imine (C=N–C) groups is 3. The summed E-state index contributed by atoms with van der Waals surface area (Å²) in [6.07, 6.45) is 7.93. The lowest BCUT2D eigenvalue weighted by atomic mass is 9.95. The maximum Gasteiger partial charge on any atom is 0.305 e. The SMILES string of the molecule is C=Cc1c(C)c2[nH]c1=CC1=C(C)C3=C(O)CC(=C4N=C(C=C5N=C(C=2)C(C(C)O)=C5C)C(C)=C4CCC(=O)OC)C3=N1. The Morgan fingerprint density at radius 1 is 1.07 bits per heavy atom. The number of nitrogens with one attached hydrogen (secondary N) is 1. The highest BCUT2D eigenvalue weighted by molar-refractivity contribution is 6.25. The van der Waals surface area contributed by atoms with Gasteiger partial charge in [-0.25, -0.2) is 15.0 Å². The number of nitrogens with zero attached hydrogens (tertiary/aromatic N) is 3. The first-order chi connectivity index (χ1) is 20.0. The fraction of sp³-hybridized carbons (Fsp3) is 0.294. The van der Waals surface area contributed by atoms with Crippen LogP contribution in [-0.2, 0) is 9.53 Å². The number of carbonyl (C=O) groups excluding carboxylic acids is 1. The van der Waals surface area contributed by atoms with Gasteiger partial charge >= 0.3 is 5.97 Å². The first-order valence-corrected chi connectivity index (χ1v) is 14.1. The third-order valence-corrected chi connectivity index (χ3v) is 8.72. The molecule has 1 atom stereocenters. The number of aliphatic hydroxyl groups excluding tert-OH is 2. The van der Waals surface area contributed by atoms with Crippen LogP contribution in [0.2, 0.25) is 0 Å². The van der Waals surface area contributed by atoms with Crippen molar-refractivity contribution in [3.63, 3.8) is 0 Å². The van der Waals surface area contributed by atoms with Crippen LogP contribution in [0.3, 0.4) is 0 Å². The van der Waals surface area contributed by atoms with E-state index in [0.29, 0.717) is 30.0 Å². The van der Waals surface area contributed by atoms with Gasteiger partial charge in [-0.3, -0.25) is 4.79 Å². The van der Waals surface area contributed by atoms with Crippen molar-refractivity contribution < 1.29 is 19.7 Å². The van der Waals surface area contributed by atoms with Gasteiger partial charge in [0.05, 0.1) is 47.4 Å². The molecule has 8 nitrogen and oxygen atoms in total. The minimum Gasteiger partial charge on any atom is -0.511 e. The lowest BCUT2D eigenvalue weighted by molar-refractivity contribution is -0.140. The molecule has 0 radical (unpaired) electrons. The zero-order chi connectivity index (χ0) is 30.0. The van der Waals surface area contributed by atoms with E-state index in [9.17, 15) is 15.0 Å². The van der Waals surface area contributed by atoms with E-state index >= 15 is 0 Å². The molecule has 0 aromatic carbocycles. The Bertz CT molecular complexity index is 1930. The van der Waals surface area contributed by atoms with Gasteiger partial charge in [-0.1, -0.05) is 12.7 Å². The summed E-state index contributed by atoms with van der Waals surface area (Å²) in [5.74, 6) is -0.0406. The molecule has 0 saturated carbocycles. The van der Waals surface area contributed by atoms with E-state index in [0.717, 1.165) is 77.9 Å². The number of methoxy groups -OCH3 is 1. The van der Waals surface area contributed by atoms with E-state index in [2.05, 4.69) is 11.6 Å². The van der Waals surface area contributed by atoms with Gasteiger partial charge in [-0.2, -0.15) is 0 Å². The fourth-order valence-corrected chi connectivity index (χ4v) is 6.40. The van der Waals surface area contributed by atoms with Crippen molar-refractivity contribution in [3.05, 3.63) is 96.3 Å². The van der Waals surface area contributed by atoms with Crippen molar-refractivity contribution in [2.75, 3.05) is 7.11 Å². The molecule has 6 rings (SSSR count). The summed E-state index contributed by atoms with van der Waals surface area (Å²) >= 11 is 0. The maximum atomic E-state index is 12.1. The van der Waals surface area contributed by atoms with Crippen molar-refractivity contribution in [2.24, 2.45) is 15.0 Å². The molecule has 8 heteroatoms. The number of esters is 1. The van der Waals surface area contributed by atoms with Crippen LogP contribution < -0.4 is 10.7 Å². The fourth-order valence-electron chi connectivity index (χ4n) is 6.40. The highest BCUT2D eigenvalue weighted by Gasteiger charge is 2.37. The number of H-pyrrole nitrogens is 1. The molecule has 5 aliphatic rings. The predicted octanol–water partition coefficient (Wildman–Crippen LogP) is 4.50. The Hall–Kier alpha value is -4.56. The first kappa shape index (κ1) is 27.6. The molecule has 1 aliphatic carbocycles. The second-order valence-electron chi connectivity index (χ2n) is 11.2. The number of fused-ring (bicyclic) bond motifs is 5. The van der Waals surface area contributed by atoms with Crippen LogP contribution >= 0.6 is 0 Å². The Balaban J connectivity index is 1.68. The van der Waals surface area contributed by atoms with Gasteiger partial charge in [0.15, 0.2) is 0 Å². The topological polar surface area (TPSA) is 120 Å². The minimum atomic E-state index is -0.728. The Kier molecular flexibility index (Phi) is 6.61. The van der Waals surface area contributed by atoms with E-state index in [4.69, 9.17) is 19.7 Å². The molecule has 4 aliphatic heterocycles. The van der Waals surface area contributed by atoms with Crippen molar-refractivity contribution in [2.45, 2.75) is 60.0 Å². The number of aromatic nitrogens is 1. The molecule has 0 spiro atoms. The third kappa shape index (κ3) is 4.17. The summed E-state index contributed by atoms with van der Waals surface area (Å²) < 4.78 is 4.93. The highest BCUT2D eigenvalue weighted by atomic mass is 16.5. The van der Waals surface area contributed by atoms with E-state index in [1.54, 1.807) is 6.92 Å². The van der Waals surface area contributed by atoms with Crippen molar-refractivity contribution in [1.29, 1.82) is 0 Å². The summed E-state index contributed by atoms with van der Waals surface area (Å²) in [6.45, 7) is 13.7. The molecule has 3 N–H and O–H groups in total. The Labute approximate surface area is 244 Å². The van der Waals surface area contributed by atoms with Crippen LogP contribution in [0.15, 0.2) is 89.5 Å². The van der Waals surface area contributed by atoms with Crippen LogP contribution in [0, 0.1) is 6.92 Å². The summed E-state index contributed by atoms with van der Waals surface area (Å²) in [5, 5.41) is 23.6. The smallest absolute Gasteiger partial charge is 0.305 e. The molecule has 1 aromatic rings. The average molecular weight is 563 g/mol. The number of rotatable bonds is 5. The van der Waals surface area contributed by atoms with Gasteiger partial charge in [0, 0.05) is 45.8 Å². The standard InChI is InChI=1S/C34H34N4O4/c1-8-20-15(2)23-14-28-31(19(6)39)17(4)25(36-28)12-24-16(3)21(9-10-30(41)42-7)33(37-24)22-11-29(40)32-18(5)26(38-34(22)32)13-27(20)35-23/h8,12-14,19,35,39-40H,1,9-11H2,2-7H3. The molecule has 0 amide bonds. The number of ether oxygens (including phenoxy) is 1. The number of carbonyl (C=O) groups is 1. The molecule has 0 saturated heterocycles. The van der Waals surface area contributed by atoms with Gasteiger partial charge in [0.1, 0.15) is 5.76 Å². The van der Waals surface area contributed by atoms with E-state index < -0.39 is 6.10 Å². The molecule has 42 heavy (non-hydrogen) atoms. The minimum absolute atomic E-state index is 0.204. The molecule has 1 unspecified atom stereocenters. The quantitative estimate of drug-likeness (QED) is 0.458. The summed E-state index contributed by atoms with van der Waals surface area (Å²) in [5.41, 5.74) is 12.2. The lowest BCUT2D eigenvalue weighted by Gasteiger charge is -2.09. The molecular formula is C34H34N4O4. The van der Waals surface area contributed by atoms with E-state index in [1.165, 1.54) is 7.11 Å². The summed E-state index contributed by atoms with van der Waals surface area (Å²) in [4.78, 5) is 30.7. The lowest BCUT2D eigenvalue weighted by Crippen LogP contribution is -2.17. The molecule has 214 valence electrons. The zero-order valence-corrected chi connectivity index (χ0v) is 24.8. The normalized spacial score (nSPS) is 20.1. The number of allylic oxidation sites excluding steroid dienone is 8. The van der Waals surface area contributed by atoms with Crippen molar-refractivity contribution >= 4 is 41.3 Å². The number of aliphatic hydroxyl groups is 2. The monoisotopic (exact) mass is 562 g/mol. The van der Waals surface area contributed by atoms with Gasteiger partial charge in [0.2, 0.25) is 0 Å². The van der Waals surface area contributed by atoms with Crippen LogP contribution in [0.25, 0.3) is 18.2 Å². The number of hydrogen-bond donors (Lipinski definition) is 3. The van der Waals surface area contributed by atoms with Crippen molar-refractivity contribution in [1.82, 2.24) is 4.98 Å².